The van der Waals surface area contributed by atoms with Crippen LogP contribution >= 0.6 is 11.3 Å². The molecule has 2 aromatic rings. The number of nitrogens with zero attached hydrogens (tertiary/aromatic N) is 2. The number of amides is 1. The van der Waals surface area contributed by atoms with Crippen LogP contribution in [-0.4, -0.2) is 29.0 Å². The van der Waals surface area contributed by atoms with E-state index in [0.29, 0.717) is 18.3 Å². The highest BCUT2D eigenvalue weighted by Gasteiger charge is 2.22. The van der Waals surface area contributed by atoms with Gasteiger partial charge in [0.15, 0.2) is 6.61 Å². The molecule has 0 bridgehead atoms. The van der Waals surface area contributed by atoms with Crippen molar-refractivity contribution in [3.63, 3.8) is 0 Å². The van der Waals surface area contributed by atoms with E-state index in [0.717, 1.165) is 23.1 Å². The number of hydrogen-bond acceptors (Lipinski definition) is 5. The van der Waals surface area contributed by atoms with E-state index in [1.54, 1.807) is 11.3 Å². The molecule has 0 aromatic carbocycles. The van der Waals surface area contributed by atoms with Gasteiger partial charge in [-0.05, 0) is 30.7 Å². The fourth-order valence-corrected chi connectivity index (χ4v) is 3.73. The first-order valence-electron chi connectivity index (χ1n) is 7.30. The third kappa shape index (κ3) is 3.00. The van der Waals surface area contributed by atoms with Gasteiger partial charge >= 0.3 is 0 Å². The molecular formula is C15H19N3O2S. The molecule has 2 heterocycles. The molecule has 0 spiro atoms. The second-order valence-corrected chi connectivity index (χ2v) is 6.79. The predicted octanol–water partition coefficient (Wildman–Crippen LogP) is 2.33. The van der Waals surface area contributed by atoms with Crippen LogP contribution in [0.5, 0.6) is 5.88 Å². The monoisotopic (exact) mass is 305 g/mol. The molecular weight excluding hydrogens is 286 g/mol. The highest BCUT2D eigenvalue weighted by molar-refractivity contribution is 7.18. The van der Waals surface area contributed by atoms with Gasteiger partial charge in [-0.2, -0.15) is 0 Å². The first-order chi connectivity index (χ1) is 10.1. The largest absolute Gasteiger partial charge is 0.467 e. The average Bonchev–Trinajstić information content (AvgIpc) is 3.03. The first-order valence-corrected chi connectivity index (χ1v) is 8.11. The number of carbonyl (C=O) groups excluding carboxylic acids is 1. The molecule has 1 aliphatic rings. The topological polar surface area (TPSA) is 64.1 Å². The van der Waals surface area contributed by atoms with Crippen LogP contribution < -0.4 is 10.1 Å². The van der Waals surface area contributed by atoms with Crippen molar-refractivity contribution in [3.05, 3.63) is 16.8 Å². The Morgan fingerprint density at radius 2 is 2.29 bits per heavy atom. The van der Waals surface area contributed by atoms with Gasteiger partial charge in [-0.3, -0.25) is 4.79 Å². The van der Waals surface area contributed by atoms with Crippen LogP contribution in [0.3, 0.4) is 0 Å². The van der Waals surface area contributed by atoms with Gasteiger partial charge in [0, 0.05) is 11.4 Å². The van der Waals surface area contributed by atoms with Gasteiger partial charge in [0.1, 0.15) is 11.2 Å². The molecule has 0 fully saturated rings. The van der Waals surface area contributed by atoms with Gasteiger partial charge in [0.25, 0.3) is 5.91 Å². The lowest BCUT2D eigenvalue weighted by Gasteiger charge is -2.09. The number of rotatable bonds is 5. The molecule has 2 aromatic heterocycles. The summed E-state index contributed by atoms with van der Waals surface area (Å²) in [6.07, 6.45) is 4.86. The van der Waals surface area contributed by atoms with E-state index >= 15 is 0 Å². The van der Waals surface area contributed by atoms with Crippen LogP contribution in [0.4, 0.5) is 0 Å². The summed E-state index contributed by atoms with van der Waals surface area (Å²) in [5.41, 5.74) is 1.31. The van der Waals surface area contributed by atoms with Gasteiger partial charge in [-0.1, -0.05) is 13.8 Å². The van der Waals surface area contributed by atoms with Crippen LogP contribution in [0.2, 0.25) is 0 Å². The fourth-order valence-electron chi connectivity index (χ4n) is 2.51. The third-order valence-electron chi connectivity index (χ3n) is 3.51. The number of aryl methyl sites for hydroxylation is 2. The second-order valence-electron chi connectivity index (χ2n) is 5.70. The lowest BCUT2D eigenvalue weighted by atomic mass is 10.2. The predicted molar refractivity (Wildman–Crippen MR) is 82.8 cm³/mol. The summed E-state index contributed by atoms with van der Waals surface area (Å²) in [6.45, 7) is 4.78. The maximum Gasteiger partial charge on any atom is 0.258 e. The molecule has 0 saturated carbocycles. The Morgan fingerprint density at radius 3 is 3.10 bits per heavy atom. The summed E-state index contributed by atoms with van der Waals surface area (Å²) in [7, 11) is 0. The molecule has 0 aliphatic heterocycles. The lowest BCUT2D eigenvalue weighted by molar-refractivity contribution is -0.123. The van der Waals surface area contributed by atoms with E-state index in [1.165, 1.54) is 23.2 Å². The van der Waals surface area contributed by atoms with E-state index < -0.39 is 0 Å². The van der Waals surface area contributed by atoms with Gasteiger partial charge in [0.2, 0.25) is 5.88 Å². The van der Waals surface area contributed by atoms with Gasteiger partial charge in [-0.25, -0.2) is 9.97 Å². The average molecular weight is 305 g/mol. The molecule has 0 saturated heterocycles. The van der Waals surface area contributed by atoms with E-state index in [4.69, 9.17) is 4.74 Å². The molecule has 6 heteroatoms. The number of nitrogens with one attached hydrogen (secondary N) is 1. The minimum Gasteiger partial charge on any atom is -0.467 e. The number of aromatic nitrogens is 2. The van der Waals surface area contributed by atoms with Crippen LogP contribution in [-0.2, 0) is 17.6 Å². The zero-order valence-corrected chi connectivity index (χ0v) is 13.1. The standard InChI is InChI=1S/C15H19N3O2S/c1-9(2)6-16-12(19)7-20-14-13-10-4-3-5-11(10)21-15(13)18-8-17-14/h8-9H,3-7H2,1-2H3,(H,16,19). The van der Waals surface area contributed by atoms with Crippen molar-refractivity contribution in [2.24, 2.45) is 5.92 Å². The van der Waals surface area contributed by atoms with Crippen molar-refractivity contribution < 1.29 is 9.53 Å². The van der Waals surface area contributed by atoms with Gasteiger partial charge in [0.05, 0.1) is 5.39 Å². The Bertz CT molecular complexity index is 666. The highest BCUT2D eigenvalue weighted by Crippen LogP contribution is 2.39. The minimum atomic E-state index is -0.109. The summed E-state index contributed by atoms with van der Waals surface area (Å²) in [5.74, 6) is 0.862. The van der Waals surface area contributed by atoms with Crippen LogP contribution in [0.25, 0.3) is 10.2 Å². The van der Waals surface area contributed by atoms with Crippen LogP contribution in [0.1, 0.15) is 30.7 Å². The number of carbonyl (C=O) groups is 1. The van der Waals surface area contributed by atoms with Gasteiger partial charge in [-0.15, -0.1) is 11.3 Å². The third-order valence-corrected chi connectivity index (χ3v) is 4.71. The van der Waals surface area contributed by atoms with Crippen molar-refractivity contribution in [2.75, 3.05) is 13.2 Å². The molecule has 1 N–H and O–H groups in total. The Labute approximate surface area is 127 Å². The minimum absolute atomic E-state index is 0.00343. The zero-order valence-electron chi connectivity index (χ0n) is 12.3. The fraction of sp³-hybridized carbons (Fsp3) is 0.533. The molecule has 0 unspecified atom stereocenters. The number of hydrogen-bond donors (Lipinski definition) is 1. The van der Waals surface area contributed by atoms with E-state index in [9.17, 15) is 4.79 Å². The van der Waals surface area contributed by atoms with E-state index in [-0.39, 0.29) is 12.5 Å². The second kappa shape index (κ2) is 5.97. The summed E-state index contributed by atoms with van der Waals surface area (Å²) < 4.78 is 5.64. The van der Waals surface area contributed by atoms with Gasteiger partial charge < -0.3 is 10.1 Å². The normalized spacial score (nSPS) is 13.7. The SMILES string of the molecule is CC(C)CNC(=O)COc1ncnc2sc3c(c12)CCC3. The molecule has 1 aliphatic carbocycles. The number of ether oxygens (including phenoxy) is 1. The maximum atomic E-state index is 11.8. The number of fused-ring (bicyclic) bond motifs is 3. The Balaban J connectivity index is 1.74. The van der Waals surface area contributed by atoms with Crippen LogP contribution in [0, 0.1) is 5.92 Å². The van der Waals surface area contributed by atoms with Crippen molar-refractivity contribution in [1.82, 2.24) is 15.3 Å². The molecule has 5 nitrogen and oxygen atoms in total. The Morgan fingerprint density at radius 1 is 1.43 bits per heavy atom. The van der Waals surface area contributed by atoms with Crippen molar-refractivity contribution in [3.8, 4) is 5.88 Å². The highest BCUT2D eigenvalue weighted by atomic mass is 32.1. The maximum absolute atomic E-state index is 11.8. The van der Waals surface area contributed by atoms with Crippen molar-refractivity contribution in [2.45, 2.75) is 33.1 Å². The van der Waals surface area contributed by atoms with Crippen molar-refractivity contribution in [1.29, 1.82) is 0 Å². The van der Waals surface area contributed by atoms with E-state index in [2.05, 4.69) is 29.1 Å². The molecule has 0 radical (unpaired) electrons. The van der Waals surface area contributed by atoms with Crippen LogP contribution in [0.15, 0.2) is 6.33 Å². The molecule has 3 rings (SSSR count). The smallest absolute Gasteiger partial charge is 0.258 e. The molecule has 21 heavy (non-hydrogen) atoms. The lowest BCUT2D eigenvalue weighted by Crippen LogP contribution is -2.31. The molecule has 112 valence electrons. The Hall–Kier alpha value is -1.69. The molecule has 0 atom stereocenters. The zero-order chi connectivity index (χ0) is 14.8. The van der Waals surface area contributed by atoms with Crippen molar-refractivity contribution >= 4 is 27.5 Å². The van der Waals surface area contributed by atoms with E-state index in [1.807, 2.05) is 0 Å². The quantitative estimate of drug-likeness (QED) is 0.921. The Kier molecular flexibility index (Phi) is 4.05. The summed E-state index contributed by atoms with van der Waals surface area (Å²) in [6, 6.07) is 0. The summed E-state index contributed by atoms with van der Waals surface area (Å²) in [5, 5.41) is 3.85. The number of thiophene rings is 1. The first kappa shape index (κ1) is 14.3. The molecule has 1 amide bonds. The summed E-state index contributed by atoms with van der Waals surface area (Å²) >= 11 is 1.72. The summed E-state index contributed by atoms with van der Waals surface area (Å²) in [4.78, 5) is 22.6.